The van der Waals surface area contributed by atoms with Gasteiger partial charge in [-0.3, -0.25) is 9.59 Å². The lowest BCUT2D eigenvalue weighted by atomic mass is 10.1. The third-order valence-electron chi connectivity index (χ3n) is 5.30. The Morgan fingerprint density at radius 3 is 2.52 bits per heavy atom. The van der Waals surface area contributed by atoms with Crippen LogP contribution in [-0.2, 0) is 9.53 Å². The number of rotatable bonds is 10. The second-order valence-corrected chi connectivity index (χ2v) is 7.43. The van der Waals surface area contributed by atoms with Crippen molar-refractivity contribution in [1.82, 2.24) is 4.90 Å². The van der Waals surface area contributed by atoms with Gasteiger partial charge in [-0.2, -0.15) is 0 Å². The zero-order valence-electron chi connectivity index (χ0n) is 18.2. The first-order chi connectivity index (χ1) is 15.1. The van der Waals surface area contributed by atoms with Crippen LogP contribution in [0.5, 0.6) is 5.75 Å². The van der Waals surface area contributed by atoms with E-state index < -0.39 is 6.10 Å². The molecule has 1 saturated heterocycles. The molecule has 31 heavy (non-hydrogen) atoms. The Kier molecular flexibility index (Phi) is 8.44. The molecule has 0 spiro atoms. The van der Waals surface area contributed by atoms with Crippen molar-refractivity contribution in [2.75, 3.05) is 43.5 Å². The maximum atomic E-state index is 12.6. The molecule has 166 valence electrons. The Morgan fingerprint density at radius 1 is 1.06 bits per heavy atom. The number of benzene rings is 2. The number of hydrogen-bond donors (Lipinski definition) is 2. The Hall–Kier alpha value is -2.90. The highest BCUT2D eigenvalue weighted by molar-refractivity contribution is 6.05. The van der Waals surface area contributed by atoms with Crippen molar-refractivity contribution in [2.24, 2.45) is 0 Å². The Balaban J connectivity index is 1.52. The Bertz CT molecular complexity index is 859. The van der Waals surface area contributed by atoms with E-state index in [1.807, 2.05) is 24.3 Å². The van der Waals surface area contributed by atoms with Crippen LogP contribution >= 0.6 is 0 Å². The van der Waals surface area contributed by atoms with Crippen molar-refractivity contribution in [3.8, 4) is 5.75 Å². The summed E-state index contributed by atoms with van der Waals surface area (Å²) in [6.07, 6.45) is 1.20. The standard InChI is InChI=1S/C24H31N3O4/c1-3-27(4-2)14-16-30-21-12-10-19(11-13-21)25-23(28)18-7-5-8-20(17-18)26-24(29)22-9-6-15-31-22/h5,7-8,10-13,17,22H,3-4,6,9,14-16H2,1-2H3,(H,25,28)(H,26,29). The fourth-order valence-electron chi connectivity index (χ4n) is 3.42. The van der Waals surface area contributed by atoms with Gasteiger partial charge in [0, 0.05) is 30.1 Å². The van der Waals surface area contributed by atoms with Gasteiger partial charge in [-0.05, 0) is 68.4 Å². The van der Waals surface area contributed by atoms with Crippen LogP contribution in [0, 0.1) is 0 Å². The van der Waals surface area contributed by atoms with Crippen LogP contribution in [0.4, 0.5) is 11.4 Å². The van der Waals surface area contributed by atoms with E-state index in [1.54, 1.807) is 24.3 Å². The molecule has 0 radical (unpaired) electrons. The van der Waals surface area contributed by atoms with Gasteiger partial charge in [-0.25, -0.2) is 0 Å². The maximum Gasteiger partial charge on any atom is 0.255 e. The van der Waals surface area contributed by atoms with E-state index in [0.717, 1.165) is 38.2 Å². The summed E-state index contributed by atoms with van der Waals surface area (Å²) < 4.78 is 11.2. The minimum Gasteiger partial charge on any atom is -0.492 e. The van der Waals surface area contributed by atoms with Gasteiger partial charge in [0.25, 0.3) is 11.8 Å². The summed E-state index contributed by atoms with van der Waals surface area (Å²) in [4.78, 5) is 27.1. The summed E-state index contributed by atoms with van der Waals surface area (Å²) in [5.74, 6) is 0.346. The summed E-state index contributed by atoms with van der Waals surface area (Å²) in [6, 6.07) is 14.2. The third-order valence-corrected chi connectivity index (χ3v) is 5.30. The summed E-state index contributed by atoms with van der Waals surface area (Å²) >= 11 is 0. The first-order valence-electron chi connectivity index (χ1n) is 10.9. The largest absolute Gasteiger partial charge is 0.492 e. The van der Waals surface area contributed by atoms with Crippen molar-refractivity contribution < 1.29 is 19.1 Å². The van der Waals surface area contributed by atoms with E-state index in [-0.39, 0.29) is 11.8 Å². The highest BCUT2D eigenvalue weighted by Crippen LogP contribution is 2.19. The molecule has 0 bridgehead atoms. The molecule has 0 aromatic heterocycles. The number of amides is 2. The fourth-order valence-corrected chi connectivity index (χ4v) is 3.42. The number of ether oxygens (including phenoxy) is 2. The molecule has 1 unspecified atom stereocenters. The smallest absolute Gasteiger partial charge is 0.255 e. The number of nitrogens with zero attached hydrogens (tertiary/aromatic N) is 1. The van der Waals surface area contributed by atoms with Gasteiger partial charge in [0.15, 0.2) is 0 Å². The van der Waals surface area contributed by atoms with Crippen LogP contribution in [0.3, 0.4) is 0 Å². The average molecular weight is 426 g/mol. The molecule has 1 heterocycles. The van der Waals surface area contributed by atoms with Crippen molar-refractivity contribution in [3.63, 3.8) is 0 Å². The van der Waals surface area contributed by atoms with Crippen LogP contribution in [0.2, 0.25) is 0 Å². The van der Waals surface area contributed by atoms with E-state index in [0.29, 0.717) is 30.2 Å². The first kappa shape index (κ1) is 22.8. The molecule has 2 aromatic rings. The highest BCUT2D eigenvalue weighted by Gasteiger charge is 2.23. The summed E-state index contributed by atoms with van der Waals surface area (Å²) in [6.45, 7) is 8.39. The van der Waals surface area contributed by atoms with E-state index in [1.165, 1.54) is 0 Å². The summed E-state index contributed by atoms with van der Waals surface area (Å²) in [7, 11) is 0. The molecule has 2 aromatic carbocycles. The van der Waals surface area contributed by atoms with Gasteiger partial charge in [-0.1, -0.05) is 19.9 Å². The predicted octanol–water partition coefficient (Wildman–Crippen LogP) is 3.78. The van der Waals surface area contributed by atoms with Crippen LogP contribution in [0.15, 0.2) is 48.5 Å². The molecule has 1 fully saturated rings. The van der Waals surface area contributed by atoms with Gasteiger partial charge in [0.05, 0.1) is 0 Å². The zero-order chi connectivity index (χ0) is 22.1. The first-order valence-corrected chi connectivity index (χ1v) is 10.9. The molecule has 2 N–H and O–H groups in total. The molecule has 0 saturated carbocycles. The zero-order valence-corrected chi connectivity index (χ0v) is 18.2. The van der Waals surface area contributed by atoms with Crippen LogP contribution in [-0.4, -0.2) is 55.7 Å². The molecule has 7 nitrogen and oxygen atoms in total. The molecule has 7 heteroatoms. The van der Waals surface area contributed by atoms with E-state index in [4.69, 9.17) is 9.47 Å². The molecule has 1 aliphatic heterocycles. The molecule has 0 aliphatic carbocycles. The fraction of sp³-hybridized carbons (Fsp3) is 0.417. The lowest BCUT2D eigenvalue weighted by Gasteiger charge is -2.18. The quantitative estimate of drug-likeness (QED) is 0.606. The number of anilines is 2. The number of nitrogens with one attached hydrogen (secondary N) is 2. The molecule has 1 aliphatic rings. The second kappa shape index (κ2) is 11.5. The normalized spacial score (nSPS) is 15.6. The van der Waals surface area contributed by atoms with Gasteiger partial charge in [0.2, 0.25) is 0 Å². The molecular weight excluding hydrogens is 394 g/mol. The van der Waals surface area contributed by atoms with Gasteiger partial charge < -0.3 is 25.0 Å². The van der Waals surface area contributed by atoms with Crippen LogP contribution < -0.4 is 15.4 Å². The third kappa shape index (κ3) is 6.80. The average Bonchev–Trinajstić information content (AvgIpc) is 3.33. The van der Waals surface area contributed by atoms with E-state index in [2.05, 4.69) is 29.4 Å². The minimum atomic E-state index is -0.412. The number of hydrogen-bond acceptors (Lipinski definition) is 5. The highest BCUT2D eigenvalue weighted by atomic mass is 16.5. The SMILES string of the molecule is CCN(CC)CCOc1ccc(NC(=O)c2cccc(NC(=O)C3CCCO3)c2)cc1. The topological polar surface area (TPSA) is 79.9 Å². The summed E-state index contributed by atoms with van der Waals surface area (Å²) in [5.41, 5.74) is 1.71. The van der Waals surface area contributed by atoms with Crippen LogP contribution in [0.25, 0.3) is 0 Å². The van der Waals surface area contributed by atoms with Crippen molar-refractivity contribution in [2.45, 2.75) is 32.8 Å². The summed E-state index contributed by atoms with van der Waals surface area (Å²) in [5, 5.41) is 5.70. The minimum absolute atomic E-state index is 0.174. The molecular formula is C24H31N3O4. The predicted molar refractivity (Wildman–Crippen MR) is 122 cm³/mol. The maximum absolute atomic E-state index is 12.6. The lowest BCUT2D eigenvalue weighted by Crippen LogP contribution is -2.27. The van der Waals surface area contributed by atoms with E-state index in [9.17, 15) is 9.59 Å². The number of carbonyl (C=O) groups is 2. The van der Waals surface area contributed by atoms with Crippen LogP contribution in [0.1, 0.15) is 37.0 Å². The van der Waals surface area contributed by atoms with Gasteiger partial charge in [0.1, 0.15) is 18.5 Å². The Labute approximate surface area is 183 Å². The van der Waals surface area contributed by atoms with Gasteiger partial charge in [-0.15, -0.1) is 0 Å². The van der Waals surface area contributed by atoms with Crippen molar-refractivity contribution in [1.29, 1.82) is 0 Å². The van der Waals surface area contributed by atoms with Crippen molar-refractivity contribution in [3.05, 3.63) is 54.1 Å². The van der Waals surface area contributed by atoms with Crippen molar-refractivity contribution >= 4 is 23.2 Å². The number of carbonyl (C=O) groups excluding carboxylic acids is 2. The number of likely N-dealkylation sites (N-methyl/N-ethyl adjacent to an activating group) is 1. The second-order valence-electron chi connectivity index (χ2n) is 7.43. The molecule has 2 amide bonds. The van der Waals surface area contributed by atoms with E-state index >= 15 is 0 Å². The molecule has 1 atom stereocenters. The monoisotopic (exact) mass is 425 g/mol. The molecule has 3 rings (SSSR count). The Morgan fingerprint density at radius 2 is 1.84 bits per heavy atom. The van der Waals surface area contributed by atoms with Gasteiger partial charge >= 0.3 is 0 Å². The lowest BCUT2D eigenvalue weighted by molar-refractivity contribution is -0.124.